The van der Waals surface area contributed by atoms with Crippen LogP contribution >= 0.6 is 0 Å². The normalized spacial score (nSPS) is 11.9. The minimum Gasteiger partial charge on any atom is -0.354 e. The second-order valence-corrected chi connectivity index (χ2v) is 8.56. The van der Waals surface area contributed by atoms with Crippen molar-refractivity contribution in [1.29, 1.82) is 0 Å². The predicted octanol–water partition coefficient (Wildman–Crippen LogP) is 4.47. The molecule has 30 heavy (non-hydrogen) atoms. The fraction of sp³-hybridized carbons (Fsp3) is 0.462. The van der Waals surface area contributed by atoms with Crippen molar-refractivity contribution in [2.75, 3.05) is 13.1 Å². The highest BCUT2D eigenvalue weighted by Crippen LogP contribution is 2.14. The molecule has 0 heterocycles. The van der Waals surface area contributed by atoms with Gasteiger partial charge in [0.15, 0.2) is 0 Å². The summed E-state index contributed by atoms with van der Waals surface area (Å²) in [4.78, 5) is 28.0. The second-order valence-electron chi connectivity index (χ2n) is 8.56. The molecule has 0 unspecified atom stereocenters. The van der Waals surface area contributed by atoms with E-state index in [1.807, 2.05) is 39.0 Å². The van der Waals surface area contributed by atoms with Crippen molar-refractivity contribution in [3.05, 3.63) is 70.8 Å². The summed E-state index contributed by atoms with van der Waals surface area (Å²) in [6.07, 6.45) is 1.63. The molecule has 162 valence electrons. The smallest absolute Gasteiger partial charge is 0.242 e. The van der Waals surface area contributed by atoms with Crippen LogP contribution < -0.4 is 5.32 Å². The van der Waals surface area contributed by atoms with Gasteiger partial charge in [0.25, 0.3) is 0 Å². The summed E-state index contributed by atoms with van der Waals surface area (Å²) in [6, 6.07) is 15.9. The number of rotatable bonds is 10. The van der Waals surface area contributed by atoms with Gasteiger partial charge in [-0.3, -0.25) is 9.59 Å². The number of carbonyl (C=O) groups is 2. The van der Waals surface area contributed by atoms with E-state index < -0.39 is 6.04 Å². The standard InChI is InChI=1S/C26H36N2O2/c1-6-24(26(30)27-18-19(2)3)28(13-12-22-10-8-7-9-11-22)25(29)17-23-15-20(4)14-21(5)16-23/h7-11,14-16,19,24H,6,12-13,17-18H2,1-5H3,(H,27,30)/t24-/m0/s1. The van der Waals surface area contributed by atoms with Crippen LogP contribution in [0.15, 0.2) is 48.5 Å². The highest BCUT2D eigenvalue weighted by molar-refractivity contribution is 5.88. The van der Waals surface area contributed by atoms with Gasteiger partial charge in [-0.05, 0) is 43.7 Å². The largest absolute Gasteiger partial charge is 0.354 e. The topological polar surface area (TPSA) is 49.4 Å². The van der Waals surface area contributed by atoms with Crippen molar-refractivity contribution < 1.29 is 9.59 Å². The van der Waals surface area contributed by atoms with E-state index in [9.17, 15) is 9.59 Å². The summed E-state index contributed by atoms with van der Waals surface area (Å²) in [6.45, 7) is 11.3. The van der Waals surface area contributed by atoms with Crippen LogP contribution in [0.2, 0.25) is 0 Å². The Hall–Kier alpha value is -2.62. The molecular formula is C26H36N2O2. The van der Waals surface area contributed by atoms with E-state index in [4.69, 9.17) is 0 Å². The Morgan fingerprint density at radius 2 is 1.60 bits per heavy atom. The van der Waals surface area contributed by atoms with Crippen LogP contribution in [0.3, 0.4) is 0 Å². The molecule has 4 nitrogen and oxygen atoms in total. The van der Waals surface area contributed by atoms with E-state index in [1.54, 1.807) is 4.90 Å². The van der Waals surface area contributed by atoms with Crippen LogP contribution in [0.1, 0.15) is 49.4 Å². The molecule has 0 radical (unpaired) electrons. The van der Waals surface area contributed by atoms with E-state index in [0.29, 0.717) is 31.8 Å². The van der Waals surface area contributed by atoms with Gasteiger partial charge in [-0.25, -0.2) is 0 Å². The van der Waals surface area contributed by atoms with E-state index in [2.05, 4.69) is 49.5 Å². The first-order valence-electron chi connectivity index (χ1n) is 11.0. The third-order valence-electron chi connectivity index (χ3n) is 5.19. The Bertz CT molecular complexity index is 810. The average molecular weight is 409 g/mol. The molecule has 0 aromatic heterocycles. The van der Waals surface area contributed by atoms with Gasteiger partial charge in [-0.1, -0.05) is 80.4 Å². The molecule has 2 aromatic rings. The lowest BCUT2D eigenvalue weighted by Gasteiger charge is -2.31. The first kappa shape index (κ1) is 23.7. The van der Waals surface area contributed by atoms with Gasteiger partial charge in [0, 0.05) is 13.1 Å². The number of nitrogens with one attached hydrogen (secondary N) is 1. The number of carbonyl (C=O) groups excluding carboxylic acids is 2. The van der Waals surface area contributed by atoms with Gasteiger partial charge in [0.2, 0.25) is 11.8 Å². The quantitative estimate of drug-likeness (QED) is 0.631. The lowest BCUT2D eigenvalue weighted by atomic mass is 10.0. The molecule has 0 fully saturated rings. The number of nitrogens with zero attached hydrogens (tertiary/aromatic N) is 1. The summed E-state index contributed by atoms with van der Waals surface area (Å²) in [5.74, 6) is 0.311. The zero-order valence-electron chi connectivity index (χ0n) is 19.1. The Morgan fingerprint density at radius 3 is 2.17 bits per heavy atom. The molecule has 0 saturated carbocycles. The van der Waals surface area contributed by atoms with Gasteiger partial charge in [0.1, 0.15) is 6.04 Å². The SMILES string of the molecule is CC[C@@H](C(=O)NCC(C)C)N(CCc1ccccc1)C(=O)Cc1cc(C)cc(C)c1. The maximum atomic E-state index is 13.3. The van der Waals surface area contributed by atoms with Crippen molar-refractivity contribution >= 4 is 11.8 Å². The van der Waals surface area contributed by atoms with Gasteiger partial charge in [0.05, 0.1) is 6.42 Å². The summed E-state index contributed by atoms with van der Waals surface area (Å²) in [5, 5.41) is 3.02. The lowest BCUT2D eigenvalue weighted by molar-refractivity contribution is -0.140. The average Bonchev–Trinajstić information content (AvgIpc) is 2.69. The number of aryl methyl sites for hydroxylation is 2. The van der Waals surface area contributed by atoms with Crippen LogP contribution in [-0.2, 0) is 22.4 Å². The van der Waals surface area contributed by atoms with Crippen molar-refractivity contribution in [3.8, 4) is 0 Å². The monoisotopic (exact) mass is 408 g/mol. The molecular weight excluding hydrogens is 372 g/mol. The van der Waals surface area contributed by atoms with Gasteiger partial charge in [-0.2, -0.15) is 0 Å². The van der Waals surface area contributed by atoms with Gasteiger partial charge in [-0.15, -0.1) is 0 Å². The van der Waals surface area contributed by atoms with Gasteiger partial charge >= 0.3 is 0 Å². The molecule has 4 heteroatoms. The number of amides is 2. The van der Waals surface area contributed by atoms with Crippen molar-refractivity contribution in [2.45, 2.75) is 59.9 Å². The molecule has 1 atom stereocenters. The summed E-state index contributed by atoms with van der Waals surface area (Å²) < 4.78 is 0. The van der Waals surface area contributed by atoms with Crippen LogP contribution in [0.25, 0.3) is 0 Å². The minimum atomic E-state index is -0.453. The first-order valence-corrected chi connectivity index (χ1v) is 11.0. The third-order valence-corrected chi connectivity index (χ3v) is 5.19. The maximum Gasteiger partial charge on any atom is 0.242 e. The molecule has 1 N–H and O–H groups in total. The molecule has 2 rings (SSSR count). The molecule has 0 saturated heterocycles. The minimum absolute atomic E-state index is 0.00229. The van der Waals surface area contributed by atoms with Crippen molar-refractivity contribution in [2.24, 2.45) is 5.92 Å². The number of hydrogen-bond acceptors (Lipinski definition) is 2. The molecule has 0 aliphatic heterocycles. The summed E-state index contributed by atoms with van der Waals surface area (Å²) >= 11 is 0. The van der Waals surface area contributed by atoms with E-state index >= 15 is 0 Å². The highest BCUT2D eigenvalue weighted by Gasteiger charge is 2.28. The number of benzene rings is 2. The zero-order valence-corrected chi connectivity index (χ0v) is 19.1. The lowest BCUT2D eigenvalue weighted by Crippen LogP contribution is -2.51. The third kappa shape index (κ3) is 7.33. The molecule has 0 spiro atoms. The second kappa shape index (κ2) is 11.5. The van der Waals surface area contributed by atoms with E-state index in [0.717, 1.165) is 23.1 Å². The fourth-order valence-electron chi connectivity index (χ4n) is 3.77. The molecule has 0 aliphatic carbocycles. The Labute approximate surface area is 181 Å². The van der Waals surface area contributed by atoms with Crippen molar-refractivity contribution in [1.82, 2.24) is 10.2 Å². The van der Waals surface area contributed by atoms with Crippen LogP contribution in [0, 0.1) is 19.8 Å². The van der Waals surface area contributed by atoms with Crippen molar-refractivity contribution in [3.63, 3.8) is 0 Å². The first-order chi connectivity index (χ1) is 14.3. The predicted molar refractivity (Wildman–Crippen MR) is 123 cm³/mol. The molecule has 0 bridgehead atoms. The molecule has 0 aliphatic rings. The summed E-state index contributed by atoms with van der Waals surface area (Å²) in [5.41, 5.74) is 4.46. The summed E-state index contributed by atoms with van der Waals surface area (Å²) in [7, 11) is 0. The maximum absolute atomic E-state index is 13.3. The number of hydrogen-bond donors (Lipinski definition) is 1. The Kier molecular flexibility index (Phi) is 9.10. The zero-order chi connectivity index (χ0) is 22.1. The van der Waals surface area contributed by atoms with Crippen LogP contribution in [-0.4, -0.2) is 35.8 Å². The Morgan fingerprint density at radius 1 is 0.967 bits per heavy atom. The molecule has 2 aromatic carbocycles. The van der Waals surface area contributed by atoms with Gasteiger partial charge < -0.3 is 10.2 Å². The van der Waals surface area contributed by atoms with E-state index in [1.165, 1.54) is 5.56 Å². The highest BCUT2D eigenvalue weighted by atomic mass is 16.2. The Balaban J connectivity index is 2.21. The van der Waals surface area contributed by atoms with Crippen LogP contribution in [0.4, 0.5) is 0 Å². The van der Waals surface area contributed by atoms with E-state index in [-0.39, 0.29) is 11.8 Å². The molecule has 2 amide bonds. The fourth-order valence-corrected chi connectivity index (χ4v) is 3.77. The van der Waals surface area contributed by atoms with Crippen LogP contribution in [0.5, 0.6) is 0 Å².